The zero-order valence-corrected chi connectivity index (χ0v) is 13.7. The second kappa shape index (κ2) is 5.81. The third-order valence-electron chi connectivity index (χ3n) is 4.29. The number of methoxy groups -OCH3 is 1. The Bertz CT molecular complexity index is 650. The highest BCUT2D eigenvalue weighted by Gasteiger charge is 2.41. The van der Waals surface area contributed by atoms with E-state index in [1.165, 1.54) is 12.8 Å². The van der Waals surface area contributed by atoms with Gasteiger partial charge in [0.25, 0.3) is 0 Å². The zero-order chi connectivity index (χ0) is 14.9. The van der Waals surface area contributed by atoms with Gasteiger partial charge < -0.3 is 15.8 Å². The van der Waals surface area contributed by atoms with Crippen molar-refractivity contribution >= 4 is 38.2 Å². The Morgan fingerprint density at radius 1 is 1.43 bits per heavy atom. The molecule has 112 valence electrons. The molecular weight excluding hydrogens is 330 g/mol. The molecule has 1 aromatic carbocycles. The van der Waals surface area contributed by atoms with E-state index in [-0.39, 0.29) is 0 Å². The summed E-state index contributed by atoms with van der Waals surface area (Å²) in [4.78, 5) is 4.39. The lowest BCUT2D eigenvalue weighted by Crippen LogP contribution is -2.18. The molecule has 0 atom stereocenters. The molecule has 1 aliphatic carbocycles. The molecule has 3 N–H and O–H groups in total. The van der Waals surface area contributed by atoms with Gasteiger partial charge in [-0.1, -0.05) is 15.9 Å². The number of nitrogens with two attached hydrogens (primary N) is 1. The van der Waals surface area contributed by atoms with Crippen LogP contribution < -0.4 is 11.1 Å². The normalized spacial score (nSPS) is 16.1. The van der Waals surface area contributed by atoms with E-state index in [0.29, 0.717) is 11.1 Å². The summed E-state index contributed by atoms with van der Waals surface area (Å²) in [5, 5.41) is 4.62. The van der Waals surface area contributed by atoms with Gasteiger partial charge in [0.15, 0.2) is 0 Å². The molecule has 3 rings (SSSR count). The lowest BCUT2D eigenvalue weighted by Gasteiger charge is -2.18. The number of hydrogen-bond donors (Lipinski definition) is 2. The molecule has 0 amide bonds. The first-order valence-electron chi connectivity index (χ1n) is 7.20. The summed E-state index contributed by atoms with van der Waals surface area (Å²) in [6, 6.07) is 6.06. The predicted molar refractivity (Wildman–Crippen MR) is 90.5 cm³/mol. The third-order valence-corrected chi connectivity index (χ3v) is 4.79. The van der Waals surface area contributed by atoms with E-state index in [2.05, 4.69) is 32.3 Å². The van der Waals surface area contributed by atoms with Crippen LogP contribution in [-0.4, -0.2) is 25.2 Å². The first-order chi connectivity index (χ1) is 10.1. The van der Waals surface area contributed by atoms with Crippen LogP contribution in [-0.2, 0) is 4.74 Å². The van der Waals surface area contributed by atoms with Crippen molar-refractivity contribution in [1.82, 2.24) is 4.98 Å². The number of hydrogen-bond acceptors (Lipinski definition) is 4. The fourth-order valence-corrected chi connectivity index (χ4v) is 3.02. The molecule has 1 heterocycles. The van der Waals surface area contributed by atoms with Gasteiger partial charge in [-0.25, -0.2) is 0 Å². The molecule has 2 aromatic rings. The maximum atomic E-state index is 6.12. The van der Waals surface area contributed by atoms with Gasteiger partial charge in [0.1, 0.15) is 0 Å². The van der Waals surface area contributed by atoms with Crippen molar-refractivity contribution in [2.75, 3.05) is 31.3 Å². The molecule has 5 heteroatoms. The number of pyridine rings is 1. The van der Waals surface area contributed by atoms with Crippen LogP contribution in [0.1, 0.15) is 19.3 Å². The fraction of sp³-hybridized carbons (Fsp3) is 0.438. The lowest BCUT2D eigenvalue weighted by molar-refractivity contribution is 0.175. The topological polar surface area (TPSA) is 60.2 Å². The maximum absolute atomic E-state index is 6.12. The van der Waals surface area contributed by atoms with Gasteiger partial charge in [-0.3, -0.25) is 4.98 Å². The first-order valence-corrected chi connectivity index (χ1v) is 7.99. The summed E-state index contributed by atoms with van der Waals surface area (Å²) < 4.78 is 6.24. The summed E-state index contributed by atoms with van der Waals surface area (Å²) in [6.45, 7) is 1.76. The molecule has 1 aliphatic rings. The molecule has 0 saturated heterocycles. The fourth-order valence-electron chi connectivity index (χ4n) is 2.66. The molecule has 0 bridgehead atoms. The van der Waals surface area contributed by atoms with E-state index >= 15 is 0 Å². The van der Waals surface area contributed by atoms with E-state index in [1.54, 1.807) is 13.3 Å². The Labute approximate surface area is 133 Å². The number of aromatic nitrogens is 1. The highest BCUT2D eigenvalue weighted by Crippen LogP contribution is 2.49. The second-order valence-electron chi connectivity index (χ2n) is 5.85. The zero-order valence-electron chi connectivity index (χ0n) is 12.2. The minimum absolute atomic E-state index is 0.379. The van der Waals surface area contributed by atoms with Crippen molar-refractivity contribution in [3.63, 3.8) is 0 Å². The third kappa shape index (κ3) is 3.14. The summed E-state index contributed by atoms with van der Waals surface area (Å²) in [7, 11) is 1.76. The van der Waals surface area contributed by atoms with Gasteiger partial charge in [-0.05, 0) is 42.9 Å². The second-order valence-corrected chi connectivity index (χ2v) is 6.76. The Hall–Kier alpha value is -1.33. The van der Waals surface area contributed by atoms with Crippen LogP contribution in [0.2, 0.25) is 0 Å². The summed E-state index contributed by atoms with van der Waals surface area (Å²) in [5.74, 6) is 0. The van der Waals surface area contributed by atoms with Crippen LogP contribution in [0, 0.1) is 5.41 Å². The Kier molecular flexibility index (Phi) is 4.04. The van der Waals surface area contributed by atoms with E-state index in [0.717, 1.165) is 40.6 Å². The SMILES string of the molecule is COCCC1(CNc2c(N)cnc3ccc(Br)cc23)CC1. The number of rotatable bonds is 6. The van der Waals surface area contributed by atoms with Crippen LogP contribution in [0.25, 0.3) is 10.9 Å². The molecule has 0 spiro atoms. The molecule has 1 saturated carbocycles. The van der Waals surface area contributed by atoms with Gasteiger partial charge in [0, 0.05) is 30.1 Å². The quantitative estimate of drug-likeness (QED) is 0.832. The molecule has 1 fully saturated rings. The average Bonchev–Trinajstić information content (AvgIpc) is 3.24. The van der Waals surface area contributed by atoms with Gasteiger partial charge in [-0.2, -0.15) is 0 Å². The number of benzene rings is 1. The van der Waals surface area contributed by atoms with Gasteiger partial charge in [0.05, 0.1) is 23.1 Å². The Balaban J connectivity index is 1.83. The first kappa shape index (κ1) is 14.6. The van der Waals surface area contributed by atoms with Crippen molar-refractivity contribution in [2.45, 2.75) is 19.3 Å². The highest BCUT2D eigenvalue weighted by molar-refractivity contribution is 9.10. The minimum atomic E-state index is 0.379. The summed E-state index contributed by atoms with van der Waals surface area (Å²) in [5.41, 5.74) is 9.14. The van der Waals surface area contributed by atoms with Gasteiger partial charge in [0.2, 0.25) is 0 Å². The summed E-state index contributed by atoms with van der Waals surface area (Å²) in [6.07, 6.45) is 5.35. The van der Waals surface area contributed by atoms with Crippen molar-refractivity contribution in [3.05, 3.63) is 28.9 Å². The number of nitrogen functional groups attached to an aromatic ring is 1. The van der Waals surface area contributed by atoms with Crippen molar-refractivity contribution in [3.8, 4) is 0 Å². The van der Waals surface area contributed by atoms with Crippen LogP contribution >= 0.6 is 15.9 Å². The van der Waals surface area contributed by atoms with Crippen molar-refractivity contribution < 1.29 is 4.74 Å². The van der Waals surface area contributed by atoms with Gasteiger partial charge in [-0.15, -0.1) is 0 Å². The monoisotopic (exact) mass is 349 g/mol. The van der Waals surface area contributed by atoms with E-state index in [4.69, 9.17) is 10.5 Å². The summed E-state index contributed by atoms with van der Waals surface area (Å²) >= 11 is 3.52. The Morgan fingerprint density at radius 2 is 2.24 bits per heavy atom. The van der Waals surface area contributed by atoms with Crippen LogP contribution in [0.15, 0.2) is 28.9 Å². The molecule has 0 unspecified atom stereocenters. The molecule has 0 aliphatic heterocycles. The largest absolute Gasteiger partial charge is 0.396 e. The van der Waals surface area contributed by atoms with Crippen LogP contribution in [0.3, 0.4) is 0 Å². The number of fused-ring (bicyclic) bond motifs is 1. The molecular formula is C16H20BrN3O. The number of anilines is 2. The number of ether oxygens (including phenoxy) is 1. The van der Waals surface area contributed by atoms with Gasteiger partial charge >= 0.3 is 0 Å². The Morgan fingerprint density at radius 3 is 2.95 bits per heavy atom. The maximum Gasteiger partial charge on any atom is 0.0743 e. The number of nitrogens with one attached hydrogen (secondary N) is 1. The van der Waals surface area contributed by atoms with E-state index in [1.807, 2.05) is 12.1 Å². The van der Waals surface area contributed by atoms with Crippen LogP contribution in [0.4, 0.5) is 11.4 Å². The molecule has 1 aromatic heterocycles. The standard InChI is InChI=1S/C16H20BrN3O/c1-21-7-6-16(4-5-16)10-20-15-12-8-11(17)2-3-14(12)19-9-13(15)18/h2-3,8-9H,4-7,10,18H2,1H3,(H,19,20). The van der Waals surface area contributed by atoms with Crippen molar-refractivity contribution in [1.29, 1.82) is 0 Å². The molecule has 21 heavy (non-hydrogen) atoms. The molecule has 4 nitrogen and oxygen atoms in total. The number of nitrogens with zero attached hydrogens (tertiary/aromatic N) is 1. The smallest absolute Gasteiger partial charge is 0.0743 e. The van der Waals surface area contributed by atoms with Crippen molar-refractivity contribution in [2.24, 2.45) is 5.41 Å². The number of halogens is 1. The van der Waals surface area contributed by atoms with E-state index in [9.17, 15) is 0 Å². The van der Waals surface area contributed by atoms with E-state index < -0.39 is 0 Å². The average molecular weight is 350 g/mol. The highest BCUT2D eigenvalue weighted by atomic mass is 79.9. The molecule has 0 radical (unpaired) electrons. The van der Waals surface area contributed by atoms with Crippen LogP contribution in [0.5, 0.6) is 0 Å². The lowest BCUT2D eigenvalue weighted by atomic mass is 10.0. The minimum Gasteiger partial charge on any atom is -0.396 e. The predicted octanol–water partition coefficient (Wildman–Crippen LogP) is 3.81.